The van der Waals surface area contributed by atoms with Crippen LogP contribution >= 0.6 is 0 Å². The minimum atomic E-state index is -1.000. The Bertz CT molecular complexity index is 2580. The third-order valence-corrected chi connectivity index (χ3v) is 11.3. The highest BCUT2D eigenvalue weighted by Gasteiger charge is 2.47. The summed E-state index contributed by atoms with van der Waals surface area (Å²) in [5.41, 5.74) is -1.92. The summed E-state index contributed by atoms with van der Waals surface area (Å²) in [6, 6.07) is 6.17. The molecule has 8 rings (SSSR count). The lowest BCUT2D eigenvalue weighted by molar-refractivity contribution is 0.0469. The largest absolute Gasteiger partial charge is 0.503 e. The van der Waals surface area contributed by atoms with Crippen molar-refractivity contribution in [1.82, 2.24) is 29.6 Å². The van der Waals surface area contributed by atoms with Crippen molar-refractivity contribution in [3.63, 3.8) is 0 Å². The molecule has 0 bridgehead atoms. The number of aromatic hydroxyl groups is 2. The summed E-state index contributed by atoms with van der Waals surface area (Å²) in [6.07, 6.45) is 2.52. The van der Waals surface area contributed by atoms with Crippen molar-refractivity contribution in [1.29, 1.82) is 0 Å². The molecule has 4 N–H and O–H groups in total. The molecule has 4 aliphatic heterocycles. The van der Waals surface area contributed by atoms with E-state index in [0.29, 0.717) is 25.8 Å². The maximum Gasteiger partial charge on any atom is 0.275 e. The van der Waals surface area contributed by atoms with Crippen molar-refractivity contribution in [3.8, 4) is 11.5 Å². The molecule has 330 valence electrons. The topological polar surface area (TPSA) is 202 Å². The Labute approximate surface area is 353 Å². The minimum Gasteiger partial charge on any atom is -0.503 e. The third kappa shape index (κ3) is 8.04. The standard InChI is InChI=1S/C22H24FN3O5.C20H19F2N3O5.CH4/c1-11(2)26-17-10-31-9-16(17)25-8-14(19(27)20(28)18(25)22(26)30)21(29)24-7-13-5-4-12(3)6-15(13)23;1-2-24-14-8-30-9-15(14)25-7-12(17(26)18(27)16(25)20(24)29)19(28)23-6-10-3-4-11(21)5-13(10)22;/h4-6,8,11,16-17,28H,7,9-10H2,1-3H3,(H,24,29);3-5,7,14-15,27H,2,6,8-9H2,1H3,(H,23,28);1H4. The highest BCUT2D eigenvalue weighted by atomic mass is 19.1. The lowest BCUT2D eigenvalue weighted by Crippen LogP contribution is -2.54. The van der Waals surface area contributed by atoms with E-state index in [1.165, 1.54) is 38.6 Å². The molecule has 2 saturated heterocycles. The van der Waals surface area contributed by atoms with E-state index in [0.717, 1.165) is 11.6 Å². The number of carbonyl (C=O) groups excluding carboxylic acids is 4. The number of nitrogens with zero attached hydrogens (tertiary/aromatic N) is 4. The molecule has 4 aliphatic rings. The number of amides is 4. The van der Waals surface area contributed by atoms with Gasteiger partial charge in [-0.3, -0.25) is 28.8 Å². The van der Waals surface area contributed by atoms with Gasteiger partial charge in [-0.25, -0.2) is 13.2 Å². The van der Waals surface area contributed by atoms with Crippen LogP contribution in [0.5, 0.6) is 11.5 Å². The Balaban J connectivity index is 0.000000204. The van der Waals surface area contributed by atoms with E-state index in [9.17, 15) is 52.2 Å². The number of aryl methyl sites for hydroxylation is 1. The van der Waals surface area contributed by atoms with Crippen molar-refractivity contribution in [2.24, 2.45) is 0 Å². The van der Waals surface area contributed by atoms with Gasteiger partial charge in [-0.15, -0.1) is 0 Å². The fourth-order valence-corrected chi connectivity index (χ4v) is 8.22. The molecular formula is C43H47F3N6O10. The van der Waals surface area contributed by atoms with Crippen LogP contribution in [0.2, 0.25) is 0 Å². The SMILES string of the molecule is C.CCN1C(=O)c2c(O)c(=O)c(C(=O)NCc3ccc(F)cc3F)cn2C2COCC21.Cc1ccc(CNC(=O)c2cn3c(c(O)c2=O)C(=O)N(C(C)C)C2COCC23)c(F)c1. The molecule has 4 atom stereocenters. The number of benzene rings is 2. The molecule has 0 aliphatic carbocycles. The fraction of sp³-hybridized carbons (Fsp3) is 0.395. The predicted octanol–water partition coefficient (Wildman–Crippen LogP) is 3.55. The normalized spacial score (nSPS) is 19.7. The highest BCUT2D eigenvalue weighted by molar-refractivity contribution is 6.00. The number of carbonyl (C=O) groups is 4. The second-order valence-electron chi connectivity index (χ2n) is 15.4. The van der Waals surface area contributed by atoms with Crippen LogP contribution in [-0.2, 0) is 22.6 Å². The molecular weight excluding hydrogens is 817 g/mol. The zero-order chi connectivity index (χ0) is 44.0. The number of fused-ring (bicyclic) bond motifs is 6. The van der Waals surface area contributed by atoms with Crippen LogP contribution in [0.4, 0.5) is 13.2 Å². The summed E-state index contributed by atoms with van der Waals surface area (Å²) in [7, 11) is 0. The minimum absolute atomic E-state index is 0. The molecule has 0 spiro atoms. The Morgan fingerprint density at radius 3 is 1.69 bits per heavy atom. The third-order valence-electron chi connectivity index (χ3n) is 11.3. The van der Waals surface area contributed by atoms with Gasteiger partial charge in [-0.1, -0.05) is 25.6 Å². The van der Waals surface area contributed by atoms with E-state index in [4.69, 9.17) is 9.47 Å². The lowest BCUT2D eigenvalue weighted by atomic mass is 10.0. The Morgan fingerprint density at radius 1 is 0.726 bits per heavy atom. The Hall–Kier alpha value is -6.47. The number of aromatic nitrogens is 2. The van der Waals surface area contributed by atoms with E-state index in [1.54, 1.807) is 30.9 Å². The Morgan fingerprint density at radius 2 is 1.19 bits per heavy atom. The number of halogens is 3. The first-order valence-corrected chi connectivity index (χ1v) is 19.5. The summed E-state index contributed by atoms with van der Waals surface area (Å²) >= 11 is 0. The van der Waals surface area contributed by atoms with Crippen LogP contribution in [0.1, 0.15) is 98.7 Å². The van der Waals surface area contributed by atoms with Gasteiger partial charge in [-0.2, -0.15) is 0 Å². The van der Waals surface area contributed by atoms with Gasteiger partial charge in [0.25, 0.3) is 23.6 Å². The van der Waals surface area contributed by atoms with Crippen molar-refractivity contribution in [3.05, 3.63) is 126 Å². The zero-order valence-electron chi connectivity index (χ0n) is 33.5. The monoisotopic (exact) mass is 864 g/mol. The number of hydrogen-bond acceptors (Lipinski definition) is 10. The smallest absolute Gasteiger partial charge is 0.275 e. The first-order valence-electron chi connectivity index (χ1n) is 19.5. The number of pyridine rings is 2. The summed E-state index contributed by atoms with van der Waals surface area (Å²) < 4.78 is 54.8. The van der Waals surface area contributed by atoms with Crippen molar-refractivity contribution < 1.29 is 52.0 Å². The second kappa shape index (κ2) is 17.9. The van der Waals surface area contributed by atoms with Crippen LogP contribution in [0.15, 0.2) is 58.4 Å². The van der Waals surface area contributed by atoms with Crippen LogP contribution < -0.4 is 21.5 Å². The average molecular weight is 865 g/mol. The number of ether oxygens (including phenoxy) is 2. The number of rotatable bonds is 8. The number of hydrogen-bond donors (Lipinski definition) is 4. The van der Waals surface area contributed by atoms with E-state index in [-0.39, 0.29) is 97.6 Å². The molecule has 19 heteroatoms. The summed E-state index contributed by atoms with van der Waals surface area (Å²) in [6.45, 7) is 8.39. The molecule has 2 aromatic carbocycles. The van der Waals surface area contributed by atoms with Gasteiger partial charge in [0.1, 0.15) is 28.6 Å². The zero-order valence-corrected chi connectivity index (χ0v) is 33.5. The first kappa shape index (κ1) is 45.1. The van der Waals surface area contributed by atoms with Crippen LogP contribution in [0.25, 0.3) is 0 Å². The second-order valence-corrected chi connectivity index (χ2v) is 15.4. The molecule has 62 heavy (non-hydrogen) atoms. The molecule has 0 radical (unpaired) electrons. The van der Waals surface area contributed by atoms with Gasteiger partial charge < -0.3 is 49.3 Å². The van der Waals surface area contributed by atoms with E-state index in [1.807, 2.05) is 13.8 Å². The van der Waals surface area contributed by atoms with Gasteiger partial charge in [0, 0.05) is 55.3 Å². The first-order chi connectivity index (χ1) is 29.0. The van der Waals surface area contributed by atoms with Crippen molar-refractivity contribution in [2.45, 2.75) is 78.4 Å². The maximum absolute atomic E-state index is 14.1. The molecule has 6 heterocycles. The molecule has 4 aromatic rings. The van der Waals surface area contributed by atoms with E-state index >= 15 is 0 Å². The van der Waals surface area contributed by atoms with Crippen LogP contribution in [-0.4, -0.2) is 104 Å². The van der Waals surface area contributed by atoms with Crippen LogP contribution in [0, 0.1) is 24.4 Å². The summed E-state index contributed by atoms with van der Waals surface area (Å²) in [4.78, 5) is 79.6. The quantitative estimate of drug-likeness (QED) is 0.203. The van der Waals surface area contributed by atoms with Crippen molar-refractivity contribution in [2.75, 3.05) is 33.0 Å². The van der Waals surface area contributed by atoms with Gasteiger partial charge in [-0.05, 0) is 45.4 Å². The summed E-state index contributed by atoms with van der Waals surface area (Å²) in [5.74, 6) is -6.24. The maximum atomic E-state index is 14.1. The highest BCUT2D eigenvalue weighted by Crippen LogP contribution is 2.36. The molecule has 2 fully saturated rings. The molecule has 2 aromatic heterocycles. The summed E-state index contributed by atoms with van der Waals surface area (Å²) in [5, 5.41) is 25.9. The number of nitrogens with one attached hydrogen (secondary N) is 2. The lowest BCUT2D eigenvalue weighted by Gasteiger charge is -2.41. The van der Waals surface area contributed by atoms with Gasteiger partial charge in [0.2, 0.25) is 10.9 Å². The molecule has 16 nitrogen and oxygen atoms in total. The van der Waals surface area contributed by atoms with E-state index < -0.39 is 63.4 Å². The van der Waals surface area contributed by atoms with Gasteiger partial charge in [0.15, 0.2) is 22.9 Å². The average Bonchev–Trinajstić information content (AvgIpc) is 3.91. The van der Waals surface area contributed by atoms with Crippen molar-refractivity contribution >= 4 is 23.6 Å². The predicted molar refractivity (Wildman–Crippen MR) is 217 cm³/mol. The molecule has 0 saturated carbocycles. The van der Waals surface area contributed by atoms with Gasteiger partial charge >= 0.3 is 0 Å². The number of likely N-dealkylation sites (N-methyl/N-ethyl adjacent to an activating group) is 1. The van der Waals surface area contributed by atoms with Crippen LogP contribution in [0.3, 0.4) is 0 Å². The molecule has 4 amide bonds. The Kier molecular flexibility index (Phi) is 13.0. The fourth-order valence-electron chi connectivity index (χ4n) is 8.22. The molecule has 4 unspecified atom stereocenters. The van der Waals surface area contributed by atoms with E-state index in [2.05, 4.69) is 10.6 Å². The van der Waals surface area contributed by atoms with Gasteiger partial charge in [0.05, 0.1) is 50.6 Å².